The second kappa shape index (κ2) is 5.46. The number of hydrogen-bond acceptors (Lipinski definition) is 2. The van der Waals surface area contributed by atoms with Crippen LogP contribution >= 0.6 is 12.4 Å². The molecule has 1 unspecified atom stereocenters. The minimum absolute atomic E-state index is 0. The van der Waals surface area contributed by atoms with Gasteiger partial charge in [0.05, 0.1) is 5.39 Å². The Labute approximate surface area is 113 Å². The van der Waals surface area contributed by atoms with Crippen LogP contribution in [-0.2, 0) is 0 Å². The van der Waals surface area contributed by atoms with E-state index in [1.807, 2.05) is 0 Å². The fourth-order valence-electron chi connectivity index (χ4n) is 1.71. The largest absolute Gasteiger partial charge is 0.328 e. The van der Waals surface area contributed by atoms with Crippen molar-refractivity contribution >= 4 is 23.2 Å². The summed E-state index contributed by atoms with van der Waals surface area (Å²) < 4.78 is 48.0. The number of aromatic nitrogens is 1. The predicted molar refractivity (Wildman–Crippen MR) is 69.2 cm³/mol. The first-order valence-corrected chi connectivity index (χ1v) is 4.97. The molecule has 98 valence electrons. The Morgan fingerprint density at radius 1 is 1.33 bits per heavy atom. The molecule has 3 nitrogen and oxygen atoms in total. The van der Waals surface area contributed by atoms with Gasteiger partial charge in [0.25, 0.3) is 5.56 Å². The number of halogens is 3. The maximum absolute atomic E-state index is 13.3. The van der Waals surface area contributed by atoms with Gasteiger partial charge in [-0.1, -0.05) is 0 Å². The van der Waals surface area contributed by atoms with E-state index in [0.717, 1.165) is 12.1 Å². The highest BCUT2D eigenvalue weighted by Gasteiger charge is 2.13. The number of fused-ring (bicyclic) bond motifs is 1. The van der Waals surface area contributed by atoms with E-state index in [0.29, 0.717) is 5.56 Å². The van der Waals surface area contributed by atoms with Crippen molar-refractivity contribution in [1.82, 2.24) is 10.3 Å². The second-order valence-corrected chi connectivity index (χ2v) is 3.75. The molecule has 0 bridgehead atoms. The lowest BCUT2D eigenvalue weighted by Gasteiger charge is -2.13. The fourth-order valence-corrected chi connectivity index (χ4v) is 1.71. The molecule has 0 spiro atoms. The molecular weight excluding hydrogens is 262 g/mol. The van der Waals surface area contributed by atoms with Crippen molar-refractivity contribution in [1.29, 1.82) is 0 Å². The summed E-state index contributed by atoms with van der Waals surface area (Å²) >= 11 is 0. The molecule has 1 atom stereocenters. The molecule has 1 heterocycles. The Kier molecular flexibility index (Phi) is 3.17. The van der Waals surface area contributed by atoms with E-state index in [4.69, 9.17) is 4.11 Å². The maximum Gasteiger partial charge on any atom is 0.255 e. The van der Waals surface area contributed by atoms with Crippen molar-refractivity contribution < 1.29 is 12.9 Å². The molecule has 0 amide bonds. The zero-order valence-corrected chi connectivity index (χ0v) is 10.2. The molecule has 2 aromatic rings. The Bertz CT molecular complexity index is 718. The Morgan fingerprint density at radius 3 is 2.56 bits per heavy atom. The van der Waals surface area contributed by atoms with Crippen LogP contribution in [0.4, 0.5) is 8.78 Å². The normalized spacial score (nSPS) is 15.4. The number of aromatic amines is 1. The summed E-state index contributed by atoms with van der Waals surface area (Å²) in [5, 5.41) is 2.49. The van der Waals surface area contributed by atoms with E-state index in [9.17, 15) is 13.6 Å². The smallest absolute Gasteiger partial charge is 0.255 e. The van der Waals surface area contributed by atoms with Crippen LogP contribution in [-0.4, -0.2) is 12.0 Å². The molecule has 0 radical (unpaired) electrons. The highest BCUT2D eigenvalue weighted by atomic mass is 35.5. The lowest BCUT2D eigenvalue weighted by Crippen LogP contribution is -2.16. The van der Waals surface area contributed by atoms with Crippen LogP contribution in [0.1, 0.15) is 22.6 Å². The zero-order chi connectivity index (χ0) is 15.1. The van der Waals surface area contributed by atoms with E-state index in [1.165, 1.54) is 6.20 Å². The van der Waals surface area contributed by atoms with Crippen LogP contribution in [0.15, 0.2) is 23.1 Å². The van der Waals surface area contributed by atoms with E-state index < -0.39 is 30.2 Å². The lowest BCUT2D eigenvalue weighted by atomic mass is 10.0. The van der Waals surface area contributed by atoms with Crippen LogP contribution in [0.25, 0.3) is 10.8 Å². The molecule has 0 aliphatic heterocycles. The minimum atomic E-state index is -2.39. The molecule has 2 N–H and O–H groups in total. The third kappa shape index (κ3) is 2.37. The lowest BCUT2D eigenvalue weighted by molar-refractivity contribution is 0.510. The summed E-state index contributed by atoms with van der Waals surface area (Å²) in [5.74, 6) is -2.22. The van der Waals surface area contributed by atoms with Crippen molar-refractivity contribution in [3.05, 3.63) is 45.9 Å². The van der Waals surface area contributed by atoms with Crippen LogP contribution in [0, 0.1) is 11.6 Å². The zero-order valence-electron chi connectivity index (χ0n) is 12.4. The number of hydrogen-bond donors (Lipinski definition) is 2. The van der Waals surface area contributed by atoms with Crippen LogP contribution in [0.3, 0.4) is 0 Å². The van der Waals surface area contributed by atoms with Gasteiger partial charge in [-0.15, -0.1) is 12.4 Å². The van der Waals surface area contributed by atoms with Gasteiger partial charge in [0, 0.05) is 16.4 Å². The van der Waals surface area contributed by atoms with Gasteiger partial charge in [0.15, 0.2) is 11.6 Å². The number of nitrogens with one attached hydrogen (secondary N) is 2. The SMILES string of the molecule is Cl.[2H]C([2H])([2H])NC(C)c1c[nH]c(=O)c2cc(F)c(F)cc12. The Morgan fingerprint density at radius 2 is 1.94 bits per heavy atom. The number of rotatable bonds is 2. The van der Waals surface area contributed by atoms with Gasteiger partial charge in [0.1, 0.15) is 0 Å². The molecule has 6 heteroatoms. The molecule has 0 saturated heterocycles. The van der Waals surface area contributed by atoms with Crippen molar-refractivity contribution in [2.75, 3.05) is 6.98 Å². The monoisotopic (exact) mass is 277 g/mol. The average Bonchev–Trinajstić information content (AvgIpc) is 2.30. The quantitative estimate of drug-likeness (QED) is 0.886. The first-order chi connectivity index (χ1) is 9.19. The van der Waals surface area contributed by atoms with Crippen molar-refractivity contribution in [2.24, 2.45) is 0 Å². The van der Waals surface area contributed by atoms with Crippen molar-refractivity contribution in [3.8, 4) is 0 Å². The van der Waals surface area contributed by atoms with Gasteiger partial charge in [-0.3, -0.25) is 4.79 Å². The van der Waals surface area contributed by atoms with Crippen LogP contribution < -0.4 is 10.9 Å². The predicted octanol–water partition coefficient (Wildman–Crippen LogP) is 2.51. The van der Waals surface area contributed by atoms with Crippen LogP contribution in [0.2, 0.25) is 0 Å². The first-order valence-electron chi connectivity index (χ1n) is 6.47. The summed E-state index contributed by atoms with van der Waals surface area (Å²) in [5.41, 5.74) is -0.196. The van der Waals surface area contributed by atoms with Crippen LogP contribution in [0.5, 0.6) is 0 Å². The van der Waals surface area contributed by atoms with Gasteiger partial charge < -0.3 is 10.3 Å². The molecule has 1 aromatic heterocycles. The maximum atomic E-state index is 13.3. The average molecular weight is 278 g/mol. The molecule has 0 fully saturated rings. The molecule has 0 saturated carbocycles. The van der Waals surface area contributed by atoms with Crippen molar-refractivity contribution in [3.63, 3.8) is 0 Å². The van der Waals surface area contributed by atoms with Gasteiger partial charge in [-0.05, 0) is 37.0 Å². The van der Waals surface area contributed by atoms with Gasteiger partial charge in [-0.25, -0.2) is 8.78 Å². The highest BCUT2D eigenvalue weighted by Crippen LogP contribution is 2.23. The molecule has 2 rings (SSSR count). The van der Waals surface area contributed by atoms with E-state index in [2.05, 4.69) is 10.3 Å². The summed E-state index contributed by atoms with van der Waals surface area (Å²) in [7, 11) is 0. The topological polar surface area (TPSA) is 44.9 Å². The summed E-state index contributed by atoms with van der Waals surface area (Å²) in [6, 6.07) is 1.02. The number of pyridine rings is 1. The third-order valence-corrected chi connectivity index (χ3v) is 2.66. The van der Waals surface area contributed by atoms with Gasteiger partial charge >= 0.3 is 0 Å². The highest BCUT2D eigenvalue weighted by molar-refractivity contribution is 5.85. The van der Waals surface area contributed by atoms with Gasteiger partial charge in [0.2, 0.25) is 0 Å². The molecule has 18 heavy (non-hydrogen) atoms. The second-order valence-electron chi connectivity index (χ2n) is 3.75. The fraction of sp³-hybridized carbons (Fsp3) is 0.250. The first kappa shape index (κ1) is 10.5. The summed E-state index contributed by atoms with van der Waals surface area (Å²) in [4.78, 5) is 14.0. The van der Waals surface area contributed by atoms with Gasteiger partial charge in [-0.2, -0.15) is 0 Å². The van der Waals surface area contributed by atoms with Crippen molar-refractivity contribution in [2.45, 2.75) is 13.0 Å². The minimum Gasteiger partial charge on any atom is -0.328 e. The Hall–Kier alpha value is -1.46. The standard InChI is InChI=1S/C12H12F2N2O.ClH/c1-6(15-2)9-5-16-12(17)8-4-11(14)10(13)3-7(8)9;/h3-6,15H,1-2H3,(H,16,17);1H/i2D3;. The third-order valence-electron chi connectivity index (χ3n) is 2.66. The number of H-pyrrole nitrogens is 1. The van der Waals surface area contributed by atoms with E-state index in [1.54, 1.807) is 6.92 Å². The molecular formula is C12H13ClF2N2O. The van der Waals surface area contributed by atoms with E-state index in [-0.39, 0.29) is 23.2 Å². The number of benzene rings is 1. The molecule has 1 aromatic carbocycles. The van der Waals surface area contributed by atoms with E-state index >= 15 is 0 Å². The Balaban J connectivity index is 0.00000220. The summed E-state index contributed by atoms with van der Waals surface area (Å²) in [6.07, 6.45) is 1.30. The summed E-state index contributed by atoms with van der Waals surface area (Å²) in [6.45, 7) is -0.832. The molecule has 0 aliphatic rings. The molecule has 0 aliphatic carbocycles.